The molecule has 0 bridgehead atoms. The number of hydrogen-bond acceptors (Lipinski definition) is 7. The Hall–Kier alpha value is -0.860. The zero-order chi connectivity index (χ0) is 13.1. The van der Waals surface area contributed by atoms with E-state index < -0.39 is 0 Å². The summed E-state index contributed by atoms with van der Waals surface area (Å²) in [6, 6.07) is 2.03. The monoisotopic (exact) mass is 351 g/mol. The molecule has 2 aromatic rings. The van der Waals surface area contributed by atoms with Crippen molar-refractivity contribution < 1.29 is 4.74 Å². The molecule has 3 heterocycles. The summed E-state index contributed by atoms with van der Waals surface area (Å²) in [5.41, 5.74) is 6.49. The summed E-state index contributed by atoms with van der Waals surface area (Å²) in [7, 11) is 0. The lowest BCUT2D eigenvalue weighted by Gasteiger charge is -2.28. The number of anilines is 2. The highest BCUT2D eigenvalue weighted by Crippen LogP contribution is 2.30. The molecular weight excluding hydrogens is 333 g/mol. The normalized spacial score (nSPS) is 14.4. The first kappa shape index (κ1) is 18.2. The zero-order valence-corrected chi connectivity index (χ0v) is 13.9. The van der Waals surface area contributed by atoms with E-state index in [1.165, 1.54) is 0 Å². The van der Waals surface area contributed by atoms with Crippen LogP contribution in [0, 0.1) is 0 Å². The second-order valence-electron chi connectivity index (χ2n) is 4.32. The molecule has 6 nitrogen and oxygen atoms in total. The number of aromatic nitrogens is 2. The predicted octanol–water partition coefficient (Wildman–Crippen LogP) is 1.74. The molecule has 0 spiro atoms. The topological polar surface area (TPSA) is 76.3 Å². The van der Waals surface area contributed by atoms with Crippen LogP contribution in [0.5, 0.6) is 0 Å². The van der Waals surface area contributed by atoms with Crippen LogP contribution in [0.2, 0.25) is 0 Å². The lowest BCUT2D eigenvalue weighted by atomic mass is 10.3. The summed E-state index contributed by atoms with van der Waals surface area (Å²) in [5, 5.41) is 5.21. The molecule has 118 valence electrons. The highest BCUT2D eigenvalue weighted by molar-refractivity contribution is 7.17. The van der Waals surface area contributed by atoms with Gasteiger partial charge in [0.05, 0.1) is 23.4 Å². The summed E-state index contributed by atoms with van der Waals surface area (Å²) in [4.78, 5) is 11.4. The second-order valence-corrected chi connectivity index (χ2v) is 5.24. The minimum absolute atomic E-state index is 0. The molecule has 1 aliphatic heterocycles. The number of nitrogens with one attached hydrogen (secondary N) is 1. The van der Waals surface area contributed by atoms with Crippen LogP contribution in [-0.2, 0) is 4.74 Å². The van der Waals surface area contributed by atoms with Gasteiger partial charge in [-0.2, -0.15) is 4.98 Å². The van der Waals surface area contributed by atoms with Crippen LogP contribution in [-0.4, -0.2) is 49.4 Å². The van der Waals surface area contributed by atoms with E-state index in [1.54, 1.807) is 11.3 Å². The van der Waals surface area contributed by atoms with Gasteiger partial charge in [-0.05, 0) is 11.4 Å². The zero-order valence-electron chi connectivity index (χ0n) is 11.4. The Kier molecular flexibility index (Phi) is 7.41. The van der Waals surface area contributed by atoms with E-state index in [2.05, 4.69) is 25.6 Å². The van der Waals surface area contributed by atoms with Gasteiger partial charge in [0.15, 0.2) is 5.82 Å². The molecular formula is C12H19Cl2N5OS. The van der Waals surface area contributed by atoms with Crippen molar-refractivity contribution in [2.45, 2.75) is 0 Å². The standard InChI is InChI=1S/C12H17N5OS.2ClH/c13-2-3-14-12-15-9-1-8-19-10(9)11(16-12)17-4-6-18-7-5-17;;/h1,8H,2-7,13H2,(H,14,15,16);2*1H. The van der Waals surface area contributed by atoms with E-state index >= 15 is 0 Å². The number of hydrogen-bond donors (Lipinski definition) is 2. The maximum atomic E-state index is 5.51. The van der Waals surface area contributed by atoms with Crippen LogP contribution in [0.15, 0.2) is 11.4 Å². The number of nitrogens with two attached hydrogens (primary N) is 1. The van der Waals surface area contributed by atoms with Gasteiger partial charge in [-0.1, -0.05) is 0 Å². The molecule has 1 fully saturated rings. The smallest absolute Gasteiger partial charge is 0.225 e. The summed E-state index contributed by atoms with van der Waals surface area (Å²) in [5.74, 6) is 1.65. The molecule has 3 N–H and O–H groups in total. The van der Waals surface area contributed by atoms with Crippen molar-refractivity contribution in [2.75, 3.05) is 49.6 Å². The fourth-order valence-corrected chi connectivity index (χ4v) is 2.95. The van der Waals surface area contributed by atoms with Gasteiger partial charge in [0.1, 0.15) is 0 Å². The maximum Gasteiger partial charge on any atom is 0.225 e. The first-order chi connectivity index (χ1) is 9.38. The highest BCUT2D eigenvalue weighted by atomic mass is 35.5. The van der Waals surface area contributed by atoms with E-state index in [0.29, 0.717) is 19.0 Å². The van der Waals surface area contributed by atoms with E-state index in [9.17, 15) is 0 Å². The molecule has 0 aliphatic carbocycles. The van der Waals surface area contributed by atoms with Crippen molar-refractivity contribution in [3.8, 4) is 0 Å². The van der Waals surface area contributed by atoms with Gasteiger partial charge in [-0.15, -0.1) is 36.2 Å². The van der Waals surface area contributed by atoms with Crippen molar-refractivity contribution >= 4 is 58.1 Å². The van der Waals surface area contributed by atoms with Crippen molar-refractivity contribution in [3.05, 3.63) is 11.4 Å². The quantitative estimate of drug-likeness (QED) is 0.873. The van der Waals surface area contributed by atoms with Crippen LogP contribution in [0.25, 0.3) is 10.2 Å². The molecule has 0 radical (unpaired) electrons. The Morgan fingerprint density at radius 1 is 1.29 bits per heavy atom. The summed E-state index contributed by atoms with van der Waals surface area (Å²) in [6.45, 7) is 4.50. The molecule has 21 heavy (non-hydrogen) atoms. The Balaban J connectivity index is 0.00000110. The van der Waals surface area contributed by atoms with Gasteiger partial charge in [0, 0.05) is 26.2 Å². The first-order valence-electron chi connectivity index (χ1n) is 6.40. The molecule has 0 unspecified atom stereocenters. The minimum Gasteiger partial charge on any atom is -0.378 e. The van der Waals surface area contributed by atoms with Crippen molar-refractivity contribution in [3.63, 3.8) is 0 Å². The Morgan fingerprint density at radius 2 is 2.05 bits per heavy atom. The summed E-state index contributed by atoms with van der Waals surface area (Å²) >= 11 is 1.68. The number of halogens is 2. The Labute approximate surface area is 139 Å². The number of ether oxygens (including phenoxy) is 1. The highest BCUT2D eigenvalue weighted by Gasteiger charge is 2.17. The average molecular weight is 352 g/mol. The van der Waals surface area contributed by atoms with E-state index in [1.807, 2.05) is 6.07 Å². The molecule has 9 heteroatoms. The predicted molar refractivity (Wildman–Crippen MR) is 92.5 cm³/mol. The number of rotatable bonds is 4. The maximum absolute atomic E-state index is 5.51. The van der Waals surface area contributed by atoms with Gasteiger partial charge < -0.3 is 20.7 Å². The molecule has 1 aliphatic rings. The third-order valence-electron chi connectivity index (χ3n) is 3.02. The van der Waals surface area contributed by atoms with Crippen LogP contribution < -0.4 is 16.0 Å². The van der Waals surface area contributed by atoms with E-state index in [4.69, 9.17) is 10.5 Å². The lowest BCUT2D eigenvalue weighted by Crippen LogP contribution is -2.37. The first-order valence-corrected chi connectivity index (χ1v) is 7.28. The van der Waals surface area contributed by atoms with Crippen molar-refractivity contribution in [1.82, 2.24) is 9.97 Å². The molecule has 1 saturated heterocycles. The fourth-order valence-electron chi connectivity index (χ4n) is 2.10. The van der Waals surface area contributed by atoms with Crippen LogP contribution in [0.3, 0.4) is 0 Å². The number of morpholine rings is 1. The molecule has 0 atom stereocenters. The second kappa shape index (κ2) is 8.55. The van der Waals surface area contributed by atoms with Crippen molar-refractivity contribution in [2.24, 2.45) is 5.73 Å². The van der Waals surface area contributed by atoms with Gasteiger partial charge in [0.2, 0.25) is 5.95 Å². The fraction of sp³-hybridized carbons (Fsp3) is 0.500. The van der Waals surface area contributed by atoms with Crippen LogP contribution in [0.4, 0.5) is 11.8 Å². The summed E-state index contributed by atoms with van der Waals surface area (Å²) in [6.07, 6.45) is 0. The Bertz CT molecular complexity index is 562. The van der Waals surface area contributed by atoms with E-state index in [-0.39, 0.29) is 24.8 Å². The summed E-state index contributed by atoms with van der Waals surface area (Å²) < 4.78 is 6.54. The number of thiophene rings is 1. The van der Waals surface area contributed by atoms with Gasteiger partial charge >= 0.3 is 0 Å². The molecule has 2 aromatic heterocycles. The largest absolute Gasteiger partial charge is 0.378 e. The minimum atomic E-state index is 0. The third-order valence-corrected chi connectivity index (χ3v) is 3.92. The lowest BCUT2D eigenvalue weighted by molar-refractivity contribution is 0.122. The third kappa shape index (κ3) is 4.08. The van der Waals surface area contributed by atoms with Crippen LogP contribution in [0.1, 0.15) is 0 Å². The molecule has 0 aromatic carbocycles. The number of fused-ring (bicyclic) bond motifs is 1. The SMILES string of the molecule is Cl.Cl.NCCNc1nc(N2CCOCC2)c2sccc2n1. The Morgan fingerprint density at radius 3 is 2.76 bits per heavy atom. The van der Waals surface area contributed by atoms with Crippen molar-refractivity contribution in [1.29, 1.82) is 0 Å². The molecule has 3 rings (SSSR count). The van der Waals surface area contributed by atoms with E-state index in [0.717, 1.165) is 42.3 Å². The molecule has 0 saturated carbocycles. The van der Waals surface area contributed by atoms with Gasteiger partial charge in [0.25, 0.3) is 0 Å². The average Bonchev–Trinajstić information content (AvgIpc) is 2.93. The molecule has 0 amide bonds. The number of nitrogens with zero attached hydrogens (tertiary/aromatic N) is 3. The van der Waals surface area contributed by atoms with Gasteiger partial charge in [-0.3, -0.25) is 0 Å². The van der Waals surface area contributed by atoms with Gasteiger partial charge in [-0.25, -0.2) is 4.98 Å². The van der Waals surface area contributed by atoms with Crippen LogP contribution >= 0.6 is 36.2 Å².